The average molecular weight is 271 g/mol. The fraction of sp³-hybridized carbons (Fsp3) is 0.333. The van der Waals surface area contributed by atoms with Gasteiger partial charge in [0.25, 0.3) is 0 Å². The Morgan fingerprint density at radius 3 is 2.58 bits per heavy atom. The molecule has 0 aliphatic carbocycles. The van der Waals surface area contributed by atoms with Gasteiger partial charge in [-0.15, -0.1) is 11.3 Å². The maximum atomic E-state index is 4.77. The highest BCUT2D eigenvalue weighted by Gasteiger charge is 2.23. The Hall–Kier alpha value is -1.68. The van der Waals surface area contributed by atoms with E-state index in [0.29, 0.717) is 0 Å². The average Bonchev–Trinajstić information content (AvgIpc) is 2.90. The predicted octanol–water partition coefficient (Wildman–Crippen LogP) is 4.22. The first kappa shape index (κ1) is 12.4. The third-order valence-electron chi connectivity index (χ3n) is 3.05. The van der Waals surface area contributed by atoms with Crippen LogP contribution in [0.5, 0.6) is 0 Å². The first-order valence-electron chi connectivity index (χ1n) is 6.37. The molecule has 0 saturated carbocycles. The minimum Gasteiger partial charge on any atom is -0.303 e. The van der Waals surface area contributed by atoms with E-state index >= 15 is 0 Å². The van der Waals surface area contributed by atoms with E-state index < -0.39 is 0 Å². The molecule has 0 spiro atoms. The molecule has 0 fully saturated rings. The van der Waals surface area contributed by atoms with Crippen molar-refractivity contribution in [3.63, 3.8) is 0 Å². The molecular weight excluding hydrogens is 254 g/mol. The molecule has 98 valence electrons. The van der Waals surface area contributed by atoms with Crippen molar-refractivity contribution in [2.24, 2.45) is 0 Å². The van der Waals surface area contributed by atoms with Crippen molar-refractivity contribution in [1.29, 1.82) is 0 Å². The van der Waals surface area contributed by atoms with Gasteiger partial charge in [0.05, 0.1) is 4.88 Å². The van der Waals surface area contributed by atoms with Crippen molar-refractivity contribution in [1.82, 2.24) is 14.5 Å². The number of fused-ring (bicyclic) bond motifs is 1. The van der Waals surface area contributed by atoms with Gasteiger partial charge in [-0.25, -0.2) is 9.97 Å². The van der Waals surface area contributed by atoms with Gasteiger partial charge >= 0.3 is 0 Å². The van der Waals surface area contributed by atoms with E-state index in [1.807, 2.05) is 18.3 Å². The van der Waals surface area contributed by atoms with Crippen LogP contribution in [0.15, 0.2) is 30.5 Å². The van der Waals surface area contributed by atoms with Crippen molar-refractivity contribution in [3.05, 3.63) is 35.3 Å². The van der Waals surface area contributed by atoms with Gasteiger partial charge in [-0.05, 0) is 52.0 Å². The number of thiophene rings is 1. The van der Waals surface area contributed by atoms with Crippen molar-refractivity contribution >= 4 is 22.5 Å². The standard InChI is InChI=1S/C15H17N3S/c1-10-7-8-12(19-10)14-17-11-6-5-9-16-13(11)18(14)15(2,3)4/h5-9H,1-4H3. The lowest BCUT2D eigenvalue weighted by Gasteiger charge is -2.23. The lowest BCUT2D eigenvalue weighted by atomic mass is 10.1. The Morgan fingerprint density at radius 1 is 1.16 bits per heavy atom. The van der Waals surface area contributed by atoms with Gasteiger partial charge in [0.2, 0.25) is 0 Å². The quantitative estimate of drug-likeness (QED) is 0.663. The minimum atomic E-state index is -0.0453. The van der Waals surface area contributed by atoms with Gasteiger partial charge in [0, 0.05) is 16.6 Å². The van der Waals surface area contributed by atoms with E-state index in [0.717, 1.165) is 17.0 Å². The van der Waals surface area contributed by atoms with Crippen LogP contribution in [0.25, 0.3) is 21.9 Å². The number of hydrogen-bond acceptors (Lipinski definition) is 3. The van der Waals surface area contributed by atoms with E-state index in [1.165, 1.54) is 9.75 Å². The molecule has 0 amide bonds. The summed E-state index contributed by atoms with van der Waals surface area (Å²) in [5.41, 5.74) is 1.87. The molecule has 3 heterocycles. The molecule has 0 aromatic carbocycles. The minimum absolute atomic E-state index is 0.0453. The number of imidazole rings is 1. The summed E-state index contributed by atoms with van der Waals surface area (Å²) in [7, 11) is 0. The summed E-state index contributed by atoms with van der Waals surface area (Å²) in [6.07, 6.45) is 1.83. The van der Waals surface area contributed by atoms with Crippen molar-refractivity contribution < 1.29 is 0 Å². The first-order chi connectivity index (χ1) is 8.97. The first-order valence-corrected chi connectivity index (χ1v) is 7.19. The smallest absolute Gasteiger partial charge is 0.160 e. The summed E-state index contributed by atoms with van der Waals surface area (Å²) in [5, 5.41) is 0. The van der Waals surface area contributed by atoms with Crippen LogP contribution in [0.3, 0.4) is 0 Å². The van der Waals surface area contributed by atoms with Gasteiger partial charge in [-0.3, -0.25) is 0 Å². The summed E-state index contributed by atoms with van der Waals surface area (Å²) in [6.45, 7) is 8.68. The molecule has 3 rings (SSSR count). The van der Waals surface area contributed by atoms with E-state index in [-0.39, 0.29) is 5.54 Å². The number of hydrogen-bond donors (Lipinski definition) is 0. The van der Waals surface area contributed by atoms with Crippen LogP contribution in [0.1, 0.15) is 25.6 Å². The Morgan fingerprint density at radius 2 is 1.95 bits per heavy atom. The van der Waals surface area contributed by atoms with Crippen LogP contribution < -0.4 is 0 Å². The maximum Gasteiger partial charge on any atom is 0.160 e. The molecule has 0 aliphatic rings. The zero-order valence-electron chi connectivity index (χ0n) is 11.6. The molecule has 0 bridgehead atoms. The molecule has 0 saturated heterocycles. The van der Waals surface area contributed by atoms with Gasteiger partial charge < -0.3 is 4.57 Å². The van der Waals surface area contributed by atoms with Crippen molar-refractivity contribution in [3.8, 4) is 10.7 Å². The summed E-state index contributed by atoms with van der Waals surface area (Å²) in [4.78, 5) is 11.8. The summed E-state index contributed by atoms with van der Waals surface area (Å²) in [5.74, 6) is 1.01. The lowest BCUT2D eigenvalue weighted by molar-refractivity contribution is 0.411. The molecule has 0 atom stereocenters. The van der Waals surface area contributed by atoms with Crippen LogP contribution in [0.4, 0.5) is 0 Å². The zero-order valence-corrected chi connectivity index (χ0v) is 12.5. The second kappa shape index (κ2) is 4.17. The van der Waals surface area contributed by atoms with E-state index in [4.69, 9.17) is 4.98 Å². The molecule has 3 aromatic rings. The van der Waals surface area contributed by atoms with Gasteiger partial charge in [0.15, 0.2) is 11.5 Å². The van der Waals surface area contributed by atoms with E-state index in [2.05, 4.69) is 49.4 Å². The van der Waals surface area contributed by atoms with E-state index in [1.54, 1.807) is 11.3 Å². The second-order valence-corrected chi connectivity index (χ2v) is 6.99. The zero-order chi connectivity index (χ0) is 13.6. The van der Waals surface area contributed by atoms with Crippen LogP contribution >= 0.6 is 11.3 Å². The molecule has 0 N–H and O–H groups in total. The number of rotatable bonds is 1. The van der Waals surface area contributed by atoms with Crippen LogP contribution in [0.2, 0.25) is 0 Å². The SMILES string of the molecule is Cc1ccc(-c2nc3cccnc3n2C(C)(C)C)s1. The summed E-state index contributed by atoms with van der Waals surface area (Å²) < 4.78 is 2.23. The topological polar surface area (TPSA) is 30.7 Å². The number of nitrogens with zero attached hydrogens (tertiary/aromatic N) is 3. The van der Waals surface area contributed by atoms with Crippen LogP contribution in [0, 0.1) is 6.92 Å². The highest BCUT2D eigenvalue weighted by molar-refractivity contribution is 7.15. The number of aromatic nitrogens is 3. The van der Waals surface area contributed by atoms with Crippen LogP contribution in [-0.2, 0) is 5.54 Å². The molecule has 0 unspecified atom stereocenters. The third-order valence-corrected chi connectivity index (χ3v) is 4.04. The van der Waals surface area contributed by atoms with Crippen molar-refractivity contribution in [2.45, 2.75) is 33.2 Å². The predicted molar refractivity (Wildman–Crippen MR) is 80.6 cm³/mol. The number of pyridine rings is 1. The third kappa shape index (κ3) is 2.06. The Labute approximate surface area is 116 Å². The lowest BCUT2D eigenvalue weighted by Crippen LogP contribution is -2.22. The van der Waals surface area contributed by atoms with Gasteiger partial charge in [-0.1, -0.05) is 0 Å². The fourth-order valence-corrected chi connectivity index (χ4v) is 3.12. The normalized spacial score (nSPS) is 12.2. The van der Waals surface area contributed by atoms with Gasteiger partial charge in [-0.2, -0.15) is 0 Å². The Bertz CT molecular complexity index is 731. The molecular formula is C15H17N3S. The number of aryl methyl sites for hydroxylation is 1. The summed E-state index contributed by atoms with van der Waals surface area (Å²) >= 11 is 1.78. The largest absolute Gasteiger partial charge is 0.303 e. The van der Waals surface area contributed by atoms with E-state index in [9.17, 15) is 0 Å². The van der Waals surface area contributed by atoms with Gasteiger partial charge in [0.1, 0.15) is 5.52 Å². The molecule has 19 heavy (non-hydrogen) atoms. The molecule has 0 radical (unpaired) electrons. The fourth-order valence-electron chi connectivity index (χ4n) is 2.27. The summed E-state index contributed by atoms with van der Waals surface area (Å²) in [6, 6.07) is 8.24. The second-order valence-electron chi connectivity index (χ2n) is 5.70. The molecule has 0 aliphatic heterocycles. The highest BCUT2D eigenvalue weighted by Crippen LogP contribution is 2.33. The monoisotopic (exact) mass is 271 g/mol. The van der Waals surface area contributed by atoms with Crippen molar-refractivity contribution in [2.75, 3.05) is 0 Å². The van der Waals surface area contributed by atoms with Crippen LogP contribution in [-0.4, -0.2) is 14.5 Å². The highest BCUT2D eigenvalue weighted by atomic mass is 32.1. The Kier molecular flexibility index (Phi) is 2.71. The molecule has 3 nitrogen and oxygen atoms in total. The maximum absolute atomic E-state index is 4.77. The molecule has 3 aromatic heterocycles. The Balaban J connectivity index is 2.35. The molecule has 4 heteroatoms.